The highest BCUT2D eigenvalue weighted by molar-refractivity contribution is 5.25. The molecule has 1 aromatic carbocycles. The Labute approximate surface area is 117 Å². The quantitative estimate of drug-likeness (QED) is 0.697. The molecule has 1 rings (SSSR count). The van der Waals surface area contributed by atoms with Crippen molar-refractivity contribution in [2.75, 3.05) is 7.05 Å². The molecule has 1 aromatic rings. The van der Waals surface area contributed by atoms with Crippen molar-refractivity contribution in [1.29, 1.82) is 0 Å². The summed E-state index contributed by atoms with van der Waals surface area (Å²) < 4.78 is 13.7. The first-order chi connectivity index (χ1) is 9.12. The van der Waals surface area contributed by atoms with E-state index in [1.807, 2.05) is 26.1 Å². The number of halogens is 1. The second kappa shape index (κ2) is 8.31. The highest BCUT2D eigenvalue weighted by Gasteiger charge is 2.16. The van der Waals surface area contributed by atoms with Gasteiger partial charge in [0.1, 0.15) is 5.82 Å². The highest BCUT2D eigenvalue weighted by Crippen LogP contribution is 2.27. The van der Waals surface area contributed by atoms with E-state index in [-0.39, 0.29) is 11.9 Å². The minimum atomic E-state index is -0.0978. The minimum Gasteiger partial charge on any atom is -0.313 e. The third kappa shape index (κ3) is 4.94. The molecular weight excluding hydrogens is 237 g/mol. The van der Waals surface area contributed by atoms with Crippen LogP contribution in [0.1, 0.15) is 63.1 Å². The number of aryl methyl sites for hydroxylation is 1. The monoisotopic (exact) mass is 265 g/mol. The second-order valence-electron chi connectivity index (χ2n) is 5.50. The Hall–Kier alpha value is -0.890. The van der Waals surface area contributed by atoms with E-state index in [4.69, 9.17) is 0 Å². The Morgan fingerprint density at radius 3 is 2.53 bits per heavy atom. The Morgan fingerprint density at radius 2 is 2.00 bits per heavy atom. The van der Waals surface area contributed by atoms with Gasteiger partial charge in [-0.1, -0.05) is 51.7 Å². The van der Waals surface area contributed by atoms with Gasteiger partial charge >= 0.3 is 0 Å². The molecule has 0 heterocycles. The van der Waals surface area contributed by atoms with Gasteiger partial charge in [0, 0.05) is 6.04 Å². The van der Waals surface area contributed by atoms with Crippen LogP contribution in [0.5, 0.6) is 0 Å². The van der Waals surface area contributed by atoms with Gasteiger partial charge in [0.15, 0.2) is 0 Å². The van der Waals surface area contributed by atoms with Crippen LogP contribution in [0.2, 0.25) is 0 Å². The van der Waals surface area contributed by atoms with Gasteiger partial charge in [-0.3, -0.25) is 0 Å². The van der Waals surface area contributed by atoms with Crippen molar-refractivity contribution in [3.8, 4) is 0 Å². The van der Waals surface area contributed by atoms with E-state index in [2.05, 4.69) is 19.2 Å². The molecule has 2 heteroatoms. The molecule has 2 atom stereocenters. The van der Waals surface area contributed by atoms with Crippen LogP contribution in [0.15, 0.2) is 18.2 Å². The molecule has 2 unspecified atom stereocenters. The topological polar surface area (TPSA) is 12.0 Å². The molecule has 0 radical (unpaired) electrons. The van der Waals surface area contributed by atoms with E-state index >= 15 is 0 Å². The van der Waals surface area contributed by atoms with Gasteiger partial charge in [-0.25, -0.2) is 4.39 Å². The van der Waals surface area contributed by atoms with Gasteiger partial charge in [-0.2, -0.15) is 0 Å². The van der Waals surface area contributed by atoms with E-state index in [1.54, 1.807) is 6.07 Å². The summed E-state index contributed by atoms with van der Waals surface area (Å²) in [6.07, 6.45) is 6.11. The molecule has 0 spiro atoms. The van der Waals surface area contributed by atoms with Crippen molar-refractivity contribution in [1.82, 2.24) is 5.32 Å². The number of hydrogen-bond donors (Lipinski definition) is 1. The Balaban J connectivity index is 2.72. The molecule has 0 aliphatic heterocycles. The fourth-order valence-corrected chi connectivity index (χ4v) is 2.56. The summed E-state index contributed by atoms with van der Waals surface area (Å²) in [4.78, 5) is 0. The number of rotatable bonds is 8. The van der Waals surface area contributed by atoms with Crippen molar-refractivity contribution in [2.24, 2.45) is 5.92 Å². The summed E-state index contributed by atoms with van der Waals surface area (Å²) in [5, 5.41) is 3.34. The number of nitrogens with one attached hydrogen (secondary N) is 1. The molecule has 0 aliphatic carbocycles. The molecular formula is C17H28FN. The minimum absolute atomic E-state index is 0.0978. The molecule has 19 heavy (non-hydrogen) atoms. The Morgan fingerprint density at radius 1 is 1.26 bits per heavy atom. The summed E-state index contributed by atoms with van der Waals surface area (Å²) in [5.74, 6) is 0.626. The fourth-order valence-electron chi connectivity index (χ4n) is 2.56. The number of benzene rings is 1. The van der Waals surface area contributed by atoms with Crippen LogP contribution < -0.4 is 5.32 Å². The van der Waals surface area contributed by atoms with Crippen LogP contribution in [0.4, 0.5) is 4.39 Å². The summed E-state index contributed by atoms with van der Waals surface area (Å²) in [5.41, 5.74) is 1.79. The van der Waals surface area contributed by atoms with Crippen molar-refractivity contribution < 1.29 is 4.39 Å². The van der Waals surface area contributed by atoms with Gasteiger partial charge in [-0.15, -0.1) is 0 Å². The summed E-state index contributed by atoms with van der Waals surface area (Å²) in [6.45, 7) is 6.30. The van der Waals surface area contributed by atoms with Gasteiger partial charge < -0.3 is 5.32 Å². The maximum Gasteiger partial charge on any atom is 0.126 e. The van der Waals surface area contributed by atoms with Crippen LogP contribution in [0.3, 0.4) is 0 Å². The van der Waals surface area contributed by atoms with Crippen LogP contribution in [-0.4, -0.2) is 7.05 Å². The highest BCUT2D eigenvalue weighted by atomic mass is 19.1. The molecule has 0 aliphatic rings. The first-order valence-corrected chi connectivity index (χ1v) is 7.55. The van der Waals surface area contributed by atoms with Crippen LogP contribution in [0.25, 0.3) is 0 Å². The molecule has 0 amide bonds. The van der Waals surface area contributed by atoms with E-state index in [0.29, 0.717) is 0 Å². The fraction of sp³-hybridized carbons (Fsp3) is 0.647. The van der Waals surface area contributed by atoms with E-state index in [1.165, 1.54) is 25.7 Å². The van der Waals surface area contributed by atoms with Gasteiger partial charge in [-0.05, 0) is 43.5 Å². The van der Waals surface area contributed by atoms with Gasteiger partial charge in [0.2, 0.25) is 0 Å². The third-order valence-electron chi connectivity index (χ3n) is 4.06. The van der Waals surface area contributed by atoms with Crippen LogP contribution in [-0.2, 0) is 0 Å². The standard InChI is InChI=1S/C17H28FN/c1-5-7-8-14(6-2)11-17(19-4)15-10-9-13(3)16(18)12-15/h9-10,12,14,17,19H,5-8,11H2,1-4H3. The lowest BCUT2D eigenvalue weighted by Crippen LogP contribution is -2.20. The zero-order chi connectivity index (χ0) is 14.3. The second-order valence-corrected chi connectivity index (χ2v) is 5.50. The molecule has 0 saturated carbocycles. The van der Waals surface area contributed by atoms with Crippen molar-refractivity contribution in [3.05, 3.63) is 35.1 Å². The summed E-state index contributed by atoms with van der Waals surface area (Å²) in [7, 11) is 1.97. The van der Waals surface area contributed by atoms with Crippen molar-refractivity contribution in [3.63, 3.8) is 0 Å². The summed E-state index contributed by atoms with van der Waals surface area (Å²) >= 11 is 0. The summed E-state index contributed by atoms with van der Waals surface area (Å²) in [6, 6.07) is 5.87. The smallest absolute Gasteiger partial charge is 0.126 e. The van der Waals surface area contributed by atoms with E-state index in [0.717, 1.165) is 23.5 Å². The van der Waals surface area contributed by atoms with E-state index < -0.39 is 0 Å². The average molecular weight is 265 g/mol. The molecule has 0 bridgehead atoms. The van der Waals surface area contributed by atoms with Crippen molar-refractivity contribution >= 4 is 0 Å². The first kappa shape index (κ1) is 16.2. The normalized spacial score (nSPS) is 14.4. The lowest BCUT2D eigenvalue weighted by molar-refractivity contribution is 0.364. The molecule has 0 fully saturated rings. The maximum absolute atomic E-state index is 13.7. The van der Waals surface area contributed by atoms with Crippen LogP contribution >= 0.6 is 0 Å². The van der Waals surface area contributed by atoms with Gasteiger partial charge in [0.05, 0.1) is 0 Å². The van der Waals surface area contributed by atoms with Gasteiger partial charge in [0.25, 0.3) is 0 Å². The predicted octanol–water partition coefficient (Wildman–Crippen LogP) is 5.00. The number of unbranched alkanes of at least 4 members (excludes halogenated alkanes) is 1. The largest absolute Gasteiger partial charge is 0.313 e. The van der Waals surface area contributed by atoms with Crippen LogP contribution in [0, 0.1) is 18.7 Å². The van der Waals surface area contributed by atoms with E-state index in [9.17, 15) is 4.39 Å². The predicted molar refractivity (Wildman–Crippen MR) is 80.9 cm³/mol. The first-order valence-electron chi connectivity index (χ1n) is 7.55. The lowest BCUT2D eigenvalue weighted by Gasteiger charge is -2.23. The van der Waals surface area contributed by atoms with Crippen molar-refractivity contribution in [2.45, 2.75) is 58.9 Å². The Bertz CT molecular complexity index is 376. The molecule has 1 N–H and O–H groups in total. The third-order valence-corrected chi connectivity index (χ3v) is 4.06. The maximum atomic E-state index is 13.7. The molecule has 1 nitrogen and oxygen atoms in total. The number of hydrogen-bond acceptors (Lipinski definition) is 1. The molecule has 0 saturated heterocycles. The SMILES string of the molecule is CCCCC(CC)CC(NC)c1ccc(C)c(F)c1. The molecule has 0 aromatic heterocycles. The lowest BCUT2D eigenvalue weighted by atomic mass is 9.89. The average Bonchev–Trinajstić information content (AvgIpc) is 2.42. The molecule has 108 valence electrons. The Kier molecular flexibility index (Phi) is 7.07. The zero-order valence-corrected chi connectivity index (χ0v) is 12.8. The zero-order valence-electron chi connectivity index (χ0n) is 12.8.